The second-order valence-electron chi connectivity index (χ2n) is 8.16. The fraction of sp³-hybridized carbons (Fsp3) is 0.435. The molecule has 162 valence electrons. The number of quaternary nitrogens is 1. The van der Waals surface area contributed by atoms with Gasteiger partial charge in [-0.25, -0.2) is 8.42 Å². The van der Waals surface area contributed by atoms with Crippen molar-refractivity contribution in [3.05, 3.63) is 59.7 Å². The summed E-state index contributed by atoms with van der Waals surface area (Å²) in [5.41, 5.74) is 1.80. The maximum absolute atomic E-state index is 12.6. The first-order chi connectivity index (χ1) is 14.3. The van der Waals surface area contributed by atoms with Gasteiger partial charge in [0.2, 0.25) is 0 Å². The SMILES string of the molecule is Cc1ccc(S(=O)(=O)Nc2cccc(C(=O)NCCC[NH+]3CCCC[C@@H]3C)c2)cc1. The molecule has 1 amide bonds. The van der Waals surface area contributed by atoms with Gasteiger partial charge < -0.3 is 10.2 Å². The maximum Gasteiger partial charge on any atom is 0.261 e. The van der Waals surface area contributed by atoms with Gasteiger partial charge in [-0.15, -0.1) is 0 Å². The van der Waals surface area contributed by atoms with Crippen molar-refractivity contribution in [1.82, 2.24) is 5.32 Å². The zero-order valence-electron chi connectivity index (χ0n) is 17.8. The molecule has 1 saturated heterocycles. The Morgan fingerprint density at radius 3 is 2.63 bits per heavy atom. The maximum atomic E-state index is 12.6. The molecule has 1 unspecified atom stereocenters. The van der Waals surface area contributed by atoms with Crippen LogP contribution < -0.4 is 14.9 Å². The molecule has 0 bridgehead atoms. The number of likely N-dealkylation sites (tertiary alicyclic amines) is 1. The van der Waals surface area contributed by atoms with Crippen LogP contribution in [0.1, 0.15) is 48.5 Å². The number of aryl methyl sites for hydroxylation is 1. The summed E-state index contributed by atoms with van der Waals surface area (Å²) in [5, 5.41) is 2.95. The lowest BCUT2D eigenvalue weighted by molar-refractivity contribution is -0.928. The highest BCUT2D eigenvalue weighted by molar-refractivity contribution is 7.92. The molecule has 1 aliphatic heterocycles. The second-order valence-corrected chi connectivity index (χ2v) is 9.85. The molecule has 0 radical (unpaired) electrons. The fourth-order valence-corrected chi connectivity index (χ4v) is 4.95. The number of piperidine rings is 1. The van der Waals surface area contributed by atoms with E-state index in [4.69, 9.17) is 0 Å². The van der Waals surface area contributed by atoms with Gasteiger partial charge in [0, 0.05) is 24.2 Å². The van der Waals surface area contributed by atoms with Gasteiger partial charge in [0.1, 0.15) is 0 Å². The van der Waals surface area contributed by atoms with E-state index in [0.29, 0.717) is 23.8 Å². The minimum absolute atomic E-state index is 0.187. The average Bonchev–Trinajstić information content (AvgIpc) is 2.72. The first-order valence-corrected chi connectivity index (χ1v) is 12.2. The van der Waals surface area contributed by atoms with Crippen LogP contribution in [0.25, 0.3) is 0 Å². The number of sulfonamides is 1. The molecule has 1 heterocycles. The summed E-state index contributed by atoms with van der Waals surface area (Å²) >= 11 is 0. The smallest absolute Gasteiger partial charge is 0.261 e. The predicted molar refractivity (Wildman–Crippen MR) is 119 cm³/mol. The number of rotatable bonds is 8. The summed E-state index contributed by atoms with van der Waals surface area (Å²) in [6.45, 7) is 7.11. The van der Waals surface area contributed by atoms with Gasteiger partial charge in [-0.2, -0.15) is 0 Å². The number of benzene rings is 2. The van der Waals surface area contributed by atoms with Gasteiger partial charge in [-0.1, -0.05) is 23.8 Å². The number of nitrogens with one attached hydrogen (secondary N) is 3. The van der Waals surface area contributed by atoms with Crippen LogP contribution in [0.2, 0.25) is 0 Å². The molecule has 0 saturated carbocycles. The molecule has 2 aromatic carbocycles. The van der Waals surface area contributed by atoms with Crippen LogP contribution in [-0.4, -0.2) is 40.0 Å². The number of amides is 1. The molecular formula is C23H32N3O3S+. The monoisotopic (exact) mass is 430 g/mol. The van der Waals surface area contributed by atoms with Crippen LogP contribution in [0.5, 0.6) is 0 Å². The second kappa shape index (κ2) is 10.1. The summed E-state index contributed by atoms with van der Waals surface area (Å²) < 4.78 is 27.7. The zero-order valence-corrected chi connectivity index (χ0v) is 18.6. The molecule has 6 nitrogen and oxygen atoms in total. The number of hydrogen-bond donors (Lipinski definition) is 3. The molecule has 7 heteroatoms. The van der Waals surface area contributed by atoms with Crippen LogP contribution in [-0.2, 0) is 10.0 Å². The molecule has 2 aromatic rings. The van der Waals surface area contributed by atoms with Crippen molar-refractivity contribution < 1.29 is 18.1 Å². The van der Waals surface area contributed by atoms with Crippen molar-refractivity contribution in [3.8, 4) is 0 Å². The lowest BCUT2D eigenvalue weighted by Crippen LogP contribution is -3.16. The van der Waals surface area contributed by atoms with Gasteiger partial charge >= 0.3 is 0 Å². The molecule has 1 fully saturated rings. The van der Waals surface area contributed by atoms with E-state index in [-0.39, 0.29) is 10.8 Å². The van der Waals surface area contributed by atoms with Gasteiger partial charge in [0.25, 0.3) is 15.9 Å². The topological polar surface area (TPSA) is 79.7 Å². The van der Waals surface area contributed by atoms with E-state index in [2.05, 4.69) is 17.0 Å². The largest absolute Gasteiger partial charge is 0.352 e. The molecule has 3 rings (SSSR count). The molecule has 0 aromatic heterocycles. The highest BCUT2D eigenvalue weighted by atomic mass is 32.2. The number of carbonyl (C=O) groups is 1. The average molecular weight is 431 g/mol. The van der Waals surface area contributed by atoms with E-state index in [1.807, 2.05) is 6.92 Å². The van der Waals surface area contributed by atoms with Crippen molar-refractivity contribution in [3.63, 3.8) is 0 Å². The van der Waals surface area contributed by atoms with Crippen LogP contribution in [0.3, 0.4) is 0 Å². The van der Waals surface area contributed by atoms with Gasteiger partial charge in [0.15, 0.2) is 0 Å². The Hall–Kier alpha value is -2.38. The summed E-state index contributed by atoms with van der Waals surface area (Å²) in [5.74, 6) is -0.187. The third-order valence-electron chi connectivity index (χ3n) is 5.75. The molecule has 2 atom stereocenters. The Kier molecular flexibility index (Phi) is 7.50. The van der Waals surface area contributed by atoms with E-state index in [1.165, 1.54) is 25.8 Å². The first kappa shape index (κ1) is 22.3. The summed E-state index contributed by atoms with van der Waals surface area (Å²) in [6.07, 6.45) is 4.83. The fourth-order valence-electron chi connectivity index (χ4n) is 3.90. The standard InChI is InChI=1S/C23H31N3O3S/c1-18-10-12-22(13-11-18)30(28,29)25-21-9-5-8-20(17-21)23(27)24-14-6-16-26-15-4-3-7-19(26)2/h5,8-13,17,19,25H,3-4,6-7,14-16H2,1-2H3,(H,24,27)/p+1/t19-/m0/s1. The van der Waals surface area contributed by atoms with Crippen LogP contribution >= 0.6 is 0 Å². The minimum Gasteiger partial charge on any atom is -0.352 e. The summed E-state index contributed by atoms with van der Waals surface area (Å²) in [6, 6.07) is 13.9. The Balaban J connectivity index is 1.54. The van der Waals surface area contributed by atoms with Crippen LogP contribution in [0.15, 0.2) is 53.4 Å². The van der Waals surface area contributed by atoms with Crippen molar-refractivity contribution in [2.45, 2.75) is 50.5 Å². The third-order valence-corrected chi connectivity index (χ3v) is 7.15. The molecule has 1 aliphatic rings. The predicted octanol–water partition coefficient (Wildman–Crippen LogP) is 2.37. The van der Waals surface area contributed by atoms with Crippen molar-refractivity contribution in [2.24, 2.45) is 0 Å². The lowest BCUT2D eigenvalue weighted by atomic mass is 10.0. The number of carbonyl (C=O) groups excluding carboxylic acids is 1. The molecule has 0 spiro atoms. The van der Waals surface area contributed by atoms with Crippen molar-refractivity contribution in [2.75, 3.05) is 24.4 Å². The van der Waals surface area contributed by atoms with E-state index >= 15 is 0 Å². The molecule has 30 heavy (non-hydrogen) atoms. The van der Waals surface area contributed by atoms with Crippen molar-refractivity contribution >= 4 is 21.6 Å². The Bertz CT molecular complexity index is 958. The Morgan fingerprint density at radius 2 is 1.90 bits per heavy atom. The Morgan fingerprint density at radius 1 is 1.13 bits per heavy atom. The normalized spacial score (nSPS) is 19.3. The van der Waals surface area contributed by atoms with E-state index < -0.39 is 10.0 Å². The van der Waals surface area contributed by atoms with Gasteiger partial charge in [-0.05, 0) is 63.4 Å². The van der Waals surface area contributed by atoms with E-state index in [1.54, 1.807) is 53.4 Å². The van der Waals surface area contributed by atoms with E-state index in [9.17, 15) is 13.2 Å². The first-order valence-electron chi connectivity index (χ1n) is 10.7. The van der Waals surface area contributed by atoms with Crippen molar-refractivity contribution in [1.29, 1.82) is 0 Å². The third kappa shape index (κ3) is 6.06. The van der Waals surface area contributed by atoms with E-state index in [0.717, 1.165) is 18.5 Å². The summed E-state index contributed by atoms with van der Waals surface area (Å²) in [4.78, 5) is 14.3. The van der Waals surface area contributed by atoms with Crippen LogP contribution in [0, 0.1) is 6.92 Å². The molecular weight excluding hydrogens is 398 g/mol. The lowest BCUT2D eigenvalue weighted by Gasteiger charge is -2.30. The van der Waals surface area contributed by atoms with Gasteiger partial charge in [-0.3, -0.25) is 9.52 Å². The minimum atomic E-state index is -3.70. The zero-order chi connectivity index (χ0) is 21.6. The molecule has 3 N–H and O–H groups in total. The Labute approximate surface area is 179 Å². The number of anilines is 1. The van der Waals surface area contributed by atoms with Crippen LogP contribution in [0.4, 0.5) is 5.69 Å². The number of hydrogen-bond acceptors (Lipinski definition) is 3. The summed E-state index contributed by atoms with van der Waals surface area (Å²) in [7, 11) is -3.70. The quantitative estimate of drug-likeness (QED) is 0.563. The van der Waals surface area contributed by atoms with Gasteiger partial charge in [0.05, 0.1) is 24.0 Å². The highest BCUT2D eigenvalue weighted by Gasteiger charge is 2.21. The molecule has 0 aliphatic carbocycles. The highest BCUT2D eigenvalue weighted by Crippen LogP contribution is 2.17.